The number of amides is 1. The maximum atomic E-state index is 12.8. The van der Waals surface area contributed by atoms with E-state index in [9.17, 15) is 14.9 Å². The van der Waals surface area contributed by atoms with Crippen molar-refractivity contribution in [3.05, 3.63) is 45.6 Å². The Hall–Kier alpha value is -2.90. The molecule has 29 heavy (non-hydrogen) atoms. The van der Waals surface area contributed by atoms with Gasteiger partial charge in [0.25, 0.3) is 11.6 Å². The molecule has 1 aliphatic rings. The molecule has 1 N–H and O–H groups in total. The predicted molar refractivity (Wildman–Crippen MR) is 114 cm³/mol. The Morgan fingerprint density at radius 2 is 1.90 bits per heavy atom. The zero-order chi connectivity index (χ0) is 21.3. The van der Waals surface area contributed by atoms with Gasteiger partial charge in [-0.3, -0.25) is 14.9 Å². The summed E-state index contributed by atoms with van der Waals surface area (Å²) in [6.45, 7) is 11.6. The van der Waals surface area contributed by atoms with Crippen LogP contribution in [0.4, 0.5) is 17.2 Å². The number of carbonyl (C=O) groups excluding carboxylic acids is 1. The van der Waals surface area contributed by atoms with Crippen LogP contribution in [0.15, 0.2) is 24.3 Å². The summed E-state index contributed by atoms with van der Waals surface area (Å²) in [6.07, 6.45) is 2.02. The largest absolute Gasteiger partial charge is 0.366 e. The third-order valence-corrected chi connectivity index (χ3v) is 5.27. The highest BCUT2D eigenvalue weighted by Crippen LogP contribution is 2.32. The Morgan fingerprint density at radius 1 is 1.24 bits per heavy atom. The lowest BCUT2D eigenvalue weighted by molar-refractivity contribution is -0.384. The summed E-state index contributed by atoms with van der Waals surface area (Å²) in [7, 11) is 0. The molecule has 1 aromatic carbocycles. The number of hydrogen-bond donors (Lipinski definition) is 1. The molecule has 0 saturated carbocycles. The first kappa shape index (κ1) is 20.8. The molecule has 0 radical (unpaired) electrons. The van der Waals surface area contributed by atoms with E-state index in [2.05, 4.69) is 17.3 Å². The van der Waals surface area contributed by atoms with Gasteiger partial charge in [-0.05, 0) is 58.6 Å². The van der Waals surface area contributed by atoms with Crippen LogP contribution in [0, 0.1) is 23.0 Å². The Kier molecular flexibility index (Phi) is 5.64. The molecule has 2 aromatic rings. The van der Waals surface area contributed by atoms with Crippen molar-refractivity contribution in [1.82, 2.24) is 9.78 Å². The highest BCUT2D eigenvalue weighted by molar-refractivity contribution is 6.04. The average molecular weight is 399 g/mol. The molecule has 156 valence electrons. The Morgan fingerprint density at radius 3 is 2.48 bits per heavy atom. The van der Waals surface area contributed by atoms with Crippen LogP contribution in [0.1, 0.15) is 56.6 Å². The predicted octanol–water partition coefficient (Wildman–Crippen LogP) is 4.34. The van der Waals surface area contributed by atoms with Gasteiger partial charge in [-0.1, -0.05) is 6.92 Å². The van der Waals surface area contributed by atoms with Crippen molar-refractivity contribution in [2.45, 2.75) is 53.0 Å². The van der Waals surface area contributed by atoms with Gasteiger partial charge < -0.3 is 10.2 Å². The van der Waals surface area contributed by atoms with Crippen LogP contribution in [-0.2, 0) is 5.54 Å². The number of carbonyl (C=O) groups is 1. The molecule has 1 fully saturated rings. The smallest absolute Gasteiger partial charge is 0.293 e. The van der Waals surface area contributed by atoms with Crippen LogP contribution in [0.25, 0.3) is 0 Å². The molecule has 8 heteroatoms. The van der Waals surface area contributed by atoms with Crippen molar-refractivity contribution in [3.63, 3.8) is 0 Å². The molecule has 2 heterocycles. The van der Waals surface area contributed by atoms with Gasteiger partial charge in [0.15, 0.2) is 0 Å². The Balaban J connectivity index is 1.87. The Labute approximate surface area is 171 Å². The van der Waals surface area contributed by atoms with E-state index in [4.69, 9.17) is 0 Å². The lowest BCUT2D eigenvalue weighted by atomic mass is 9.98. The molecule has 0 aliphatic carbocycles. The van der Waals surface area contributed by atoms with Crippen molar-refractivity contribution >= 4 is 23.1 Å². The second kappa shape index (κ2) is 7.85. The molecule has 3 rings (SSSR count). The molecule has 0 spiro atoms. The number of nitrogens with one attached hydrogen (secondary N) is 1. The first-order valence-electron chi connectivity index (χ1n) is 9.98. The highest BCUT2D eigenvalue weighted by Gasteiger charge is 2.26. The van der Waals surface area contributed by atoms with Crippen molar-refractivity contribution in [2.75, 3.05) is 23.3 Å². The molecule has 0 bridgehead atoms. The van der Waals surface area contributed by atoms with Gasteiger partial charge in [-0.15, -0.1) is 0 Å². The van der Waals surface area contributed by atoms with Gasteiger partial charge in [0.1, 0.15) is 11.5 Å². The summed E-state index contributed by atoms with van der Waals surface area (Å²) in [6, 6.07) is 6.50. The van der Waals surface area contributed by atoms with Gasteiger partial charge in [0.05, 0.1) is 16.2 Å². The summed E-state index contributed by atoms with van der Waals surface area (Å²) < 4.78 is 1.75. The molecule has 8 nitrogen and oxygen atoms in total. The van der Waals surface area contributed by atoms with Crippen molar-refractivity contribution < 1.29 is 9.72 Å². The minimum absolute atomic E-state index is 0.0345. The van der Waals surface area contributed by atoms with Gasteiger partial charge in [-0.2, -0.15) is 5.10 Å². The van der Waals surface area contributed by atoms with E-state index in [-0.39, 0.29) is 16.8 Å². The van der Waals surface area contributed by atoms with E-state index in [1.807, 2.05) is 32.6 Å². The fourth-order valence-corrected chi connectivity index (χ4v) is 3.62. The molecular formula is C21H29N5O3. The molecule has 0 unspecified atom stereocenters. The van der Waals surface area contributed by atoms with E-state index in [1.54, 1.807) is 22.9 Å². The van der Waals surface area contributed by atoms with Gasteiger partial charge in [0.2, 0.25) is 0 Å². The maximum Gasteiger partial charge on any atom is 0.293 e. The van der Waals surface area contributed by atoms with Crippen LogP contribution in [0.3, 0.4) is 0 Å². The third-order valence-electron chi connectivity index (χ3n) is 5.27. The van der Waals surface area contributed by atoms with Gasteiger partial charge in [-0.25, -0.2) is 4.68 Å². The van der Waals surface area contributed by atoms with Crippen LogP contribution in [0.5, 0.6) is 0 Å². The minimum atomic E-state index is -0.409. The number of rotatable bonds is 4. The SMILES string of the molecule is Cc1cc(NC(=O)c2ccc(N3CCC(C)CC3)c([N+](=O)[O-])c2)n(C(C)(C)C)n1. The fraction of sp³-hybridized carbons (Fsp3) is 0.524. The number of nitro benzene ring substituents is 1. The number of aromatic nitrogens is 2. The quantitative estimate of drug-likeness (QED) is 0.610. The van der Waals surface area contributed by atoms with Gasteiger partial charge in [0, 0.05) is 30.8 Å². The lowest BCUT2D eigenvalue weighted by Crippen LogP contribution is -2.33. The number of benzene rings is 1. The van der Waals surface area contributed by atoms with Crippen LogP contribution in [0.2, 0.25) is 0 Å². The van der Waals surface area contributed by atoms with Crippen LogP contribution >= 0.6 is 0 Å². The van der Waals surface area contributed by atoms with E-state index in [0.717, 1.165) is 31.6 Å². The molecular weight excluding hydrogens is 370 g/mol. The normalized spacial score (nSPS) is 15.4. The number of nitrogens with zero attached hydrogens (tertiary/aromatic N) is 4. The minimum Gasteiger partial charge on any atom is -0.366 e. The third kappa shape index (κ3) is 4.58. The first-order valence-corrected chi connectivity index (χ1v) is 9.98. The average Bonchev–Trinajstić information content (AvgIpc) is 3.02. The standard InChI is InChI=1S/C21H29N5O3/c1-14-8-10-24(11-9-14)17-7-6-16(13-18(17)26(28)29)20(27)22-19-12-15(2)23-25(19)21(3,4)5/h6-7,12-14H,8-11H2,1-5H3,(H,22,27). The van der Waals surface area contributed by atoms with Crippen molar-refractivity contribution in [2.24, 2.45) is 5.92 Å². The number of nitro groups is 1. The van der Waals surface area contributed by atoms with E-state index in [1.165, 1.54) is 6.07 Å². The first-order chi connectivity index (χ1) is 13.6. The zero-order valence-corrected chi connectivity index (χ0v) is 17.7. The van der Waals surface area contributed by atoms with E-state index in [0.29, 0.717) is 17.4 Å². The summed E-state index contributed by atoms with van der Waals surface area (Å²) in [4.78, 5) is 26.1. The summed E-state index contributed by atoms with van der Waals surface area (Å²) in [5.74, 6) is 0.806. The second-order valence-electron chi connectivity index (χ2n) is 8.84. The molecule has 1 saturated heterocycles. The highest BCUT2D eigenvalue weighted by atomic mass is 16.6. The number of piperidine rings is 1. The molecule has 0 atom stereocenters. The molecule has 1 aromatic heterocycles. The topological polar surface area (TPSA) is 93.3 Å². The zero-order valence-electron chi connectivity index (χ0n) is 17.7. The van der Waals surface area contributed by atoms with Crippen molar-refractivity contribution in [3.8, 4) is 0 Å². The summed E-state index contributed by atoms with van der Waals surface area (Å²) >= 11 is 0. The number of anilines is 2. The molecule has 1 amide bonds. The summed E-state index contributed by atoms with van der Waals surface area (Å²) in [5.41, 5.74) is 1.28. The van der Waals surface area contributed by atoms with Crippen molar-refractivity contribution in [1.29, 1.82) is 0 Å². The van der Waals surface area contributed by atoms with Crippen LogP contribution in [-0.4, -0.2) is 33.7 Å². The number of aryl methyl sites for hydroxylation is 1. The maximum absolute atomic E-state index is 12.8. The Bertz CT molecular complexity index is 921. The summed E-state index contributed by atoms with van der Waals surface area (Å²) in [5, 5.41) is 19.0. The van der Waals surface area contributed by atoms with E-state index >= 15 is 0 Å². The van der Waals surface area contributed by atoms with Crippen LogP contribution < -0.4 is 10.2 Å². The second-order valence-corrected chi connectivity index (χ2v) is 8.84. The molecule has 1 aliphatic heterocycles. The van der Waals surface area contributed by atoms with E-state index < -0.39 is 10.8 Å². The lowest BCUT2D eigenvalue weighted by Gasteiger charge is -2.31. The number of hydrogen-bond acceptors (Lipinski definition) is 5. The fourth-order valence-electron chi connectivity index (χ4n) is 3.62. The monoisotopic (exact) mass is 399 g/mol. The van der Waals surface area contributed by atoms with Gasteiger partial charge >= 0.3 is 0 Å².